The zero-order valence-electron chi connectivity index (χ0n) is 12.3. The fraction of sp³-hybridized carbons (Fsp3) is 0.312. The van der Waals surface area contributed by atoms with Gasteiger partial charge in [0.15, 0.2) is 0 Å². The minimum absolute atomic E-state index is 0.0210. The lowest BCUT2D eigenvalue weighted by Gasteiger charge is -2.41. The van der Waals surface area contributed by atoms with Crippen molar-refractivity contribution in [3.8, 4) is 5.75 Å². The van der Waals surface area contributed by atoms with Crippen molar-refractivity contribution in [2.75, 3.05) is 13.7 Å². The molecular weight excluding hydrogens is 282 g/mol. The number of benzene rings is 1. The van der Waals surface area contributed by atoms with Crippen LogP contribution < -0.4 is 10.4 Å². The van der Waals surface area contributed by atoms with Gasteiger partial charge < -0.3 is 9.64 Å². The molecule has 1 aliphatic heterocycles. The average molecular weight is 299 g/mol. The van der Waals surface area contributed by atoms with E-state index in [0.717, 1.165) is 17.7 Å². The number of amides is 1. The van der Waals surface area contributed by atoms with Crippen LogP contribution in [0.2, 0.25) is 0 Å². The zero-order valence-corrected chi connectivity index (χ0v) is 12.3. The summed E-state index contributed by atoms with van der Waals surface area (Å²) in [4.78, 5) is 29.4. The topological polar surface area (TPSA) is 64.4 Å². The van der Waals surface area contributed by atoms with Crippen molar-refractivity contribution < 1.29 is 9.53 Å². The van der Waals surface area contributed by atoms with E-state index in [1.165, 1.54) is 10.8 Å². The molecule has 6 nitrogen and oxygen atoms in total. The van der Waals surface area contributed by atoms with Crippen LogP contribution in [-0.2, 0) is 11.3 Å². The number of methoxy groups -OCH3 is 1. The van der Waals surface area contributed by atoms with Gasteiger partial charge in [0.05, 0.1) is 13.2 Å². The van der Waals surface area contributed by atoms with Gasteiger partial charge in [-0.3, -0.25) is 9.36 Å². The molecule has 0 bridgehead atoms. The summed E-state index contributed by atoms with van der Waals surface area (Å²) in [6, 6.07) is 9.42. The summed E-state index contributed by atoms with van der Waals surface area (Å²) in [7, 11) is 1.62. The Kier molecular flexibility index (Phi) is 3.91. The second kappa shape index (κ2) is 6.01. The van der Waals surface area contributed by atoms with Gasteiger partial charge in [-0.1, -0.05) is 12.1 Å². The van der Waals surface area contributed by atoms with Crippen molar-refractivity contribution >= 4 is 5.91 Å². The molecule has 1 aromatic heterocycles. The Hall–Kier alpha value is -2.63. The number of hydrogen-bond acceptors (Lipinski definition) is 4. The monoisotopic (exact) mass is 299 g/mol. The highest BCUT2D eigenvalue weighted by Crippen LogP contribution is 2.34. The Labute approximate surface area is 128 Å². The van der Waals surface area contributed by atoms with E-state index in [9.17, 15) is 9.59 Å². The van der Waals surface area contributed by atoms with Crippen molar-refractivity contribution in [3.63, 3.8) is 0 Å². The number of nitrogens with zero attached hydrogens (tertiary/aromatic N) is 3. The Bertz CT molecular complexity index is 741. The number of hydrogen-bond donors (Lipinski definition) is 0. The molecule has 2 heterocycles. The molecule has 3 rings (SSSR count). The lowest BCUT2D eigenvalue weighted by atomic mass is 9.94. The fourth-order valence-electron chi connectivity index (χ4n) is 2.63. The normalized spacial score (nSPS) is 17.0. The predicted octanol–water partition coefficient (Wildman–Crippen LogP) is 1.23. The van der Waals surface area contributed by atoms with E-state index in [2.05, 4.69) is 4.98 Å². The van der Waals surface area contributed by atoms with Crippen molar-refractivity contribution in [2.45, 2.75) is 19.0 Å². The highest BCUT2D eigenvalue weighted by molar-refractivity contribution is 5.77. The van der Waals surface area contributed by atoms with Crippen LogP contribution in [0.25, 0.3) is 0 Å². The van der Waals surface area contributed by atoms with E-state index in [1.807, 2.05) is 24.3 Å². The molecule has 0 aliphatic carbocycles. The predicted molar refractivity (Wildman–Crippen MR) is 80.6 cm³/mol. The lowest BCUT2D eigenvalue weighted by molar-refractivity contribution is -0.139. The van der Waals surface area contributed by atoms with E-state index in [4.69, 9.17) is 4.74 Å². The molecule has 6 heteroatoms. The maximum atomic E-state index is 12.4. The number of carbonyl (C=O) groups is 1. The van der Waals surface area contributed by atoms with Gasteiger partial charge in [-0.15, -0.1) is 0 Å². The van der Waals surface area contributed by atoms with Crippen LogP contribution in [0.5, 0.6) is 5.75 Å². The molecule has 114 valence electrons. The van der Waals surface area contributed by atoms with Crippen molar-refractivity contribution in [1.82, 2.24) is 14.5 Å². The Morgan fingerprint density at radius 1 is 1.41 bits per heavy atom. The standard InChI is InChI=1S/C16H17N3O3/c1-22-13-5-2-4-12(10-13)14-6-9-19(14)15(20)11-18-8-3-7-17-16(18)21/h2-5,7-8,10,14H,6,9,11H2,1H3. The third-order valence-electron chi connectivity index (χ3n) is 3.91. The van der Waals surface area contributed by atoms with Crippen LogP contribution in [0.3, 0.4) is 0 Å². The minimum atomic E-state index is -0.408. The molecule has 1 atom stereocenters. The fourth-order valence-corrected chi connectivity index (χ4v) is 2.63. The van der Waals surface area contributed by atoms with Gasteiger partial charge in [0, 0.05) is 18.9 Å². The molecule has 22 heavy (non-hydrogen) atoms. The lowest BCUT2D eigenvalue weighted by Crippen LogP contribution is -2.47. The maximum absolute atomic E-state index is 12.4. The van der Waals surface area contributed by atoms with Gasteiger partial charge in [-0.25, -0.2) is 9.78 Å². The zero-order chi connectivity index (χ0) is 15.5. The van der Waals surface area contributed by atoms with Gasteiger partial charge in [0.1, 0.15) is 12.3 Å². The smallest absolute Gasteiger partial charge is 0.347 e. The van der Waals surface area contributed by atoms with E-state index in [0.29, 0.717) is 6.54 Å². The highest BCUT2D eigenvalue weighted by atomic mass is 16.5. The van der Waals surface area contributed by atoms with Crippen LogP contribution in [0.1, 0.15) is 18.0 Å². The Morgan fingerprint density at radius 2 is 2.27 bits per heavy atom. The molecular formula is C16H17N3O3. The Balaban J connectivity index is 1.74. The molecule has 0 saturated carbocycles. The van der Waals surface area contributed by atoms with Gasteiger partial charge in [-0.2, -0.15) is 0 Å². The number of ether oxygens (including phenoxy) is 1. The molecule has 1 saturated heterocycles. The third-order valence-corrected chi connectivity index (χ3v) is 3.91. The number of carbonyl (C=O) groups excluding carboxylic acids is 1. The number of rotatable bonds is 4. The molecule has 1 unspecified atom stereocenters. The molecule has 1 aromatic carbocycles. The highest BCUT2D eigenvalue weighted by Gasteiger charge is 2.33. The van der Waals surface area contributed by atoms with Crippen molar-refractivity contribution in [1.29, 1.82) is 0 Å². The second-order valence-electron chi connectivity index (χ2n) is 5.20. The molecule has 1 fully saturated rings. The van der Waals surface area contributed by atoms with Crippen molar-refractivity contribution in [2.24, 2.45) is 0 Å². The number of aromatic nitrogens is 2. The van der Waals surface area contributed by atoms with Crippen LogP contribution in [-0.4, -0.2) is 34.0 Å². The van der Waals surface area contributed by atoms with Gasteiger partial charge >= 0.3 is 5.69 Å². The first kappa shape index (κ1) is 14.3. The van der Waals surface area contributed by atoms with E-state index < -0.39 is 5.69 Å². The SMILES string of the molecule is COc1cccc(C2CCN2C(=O)Cn2cccnc2=O)c1. The van der Waals surface area contributed by atoms with E-state index in [-0.39, 0.29) is 18.5 Å². The number of likely N-dealkylation sites (tertiary alicyclic amines) is 1. The Morgan fingerprint density at radius 3 is 2.95 bits per heavy atom. The summed E-state index contributed by atoms with van der Waals surface area (Å²) < 4.78 is 6.55. The second-order valence-corrected chi connectivity index (χ2v) is 5.20. The first-order chi connectivity index (χ1) is 10.7. The average Bonchev–Trinajstić information content (AvgIpc) is 2.49. The van der Waals surface area contributed by atoms with Gasteiger partial charge in [0.25, 0.3) is 0 Å². The van der Waals surface area contributed by atoms with Crippen molar-refractivity contribution in [3.05, 3.63) is 58.8 Å². The van der Waals surface area contributed by atoms with E-state index in [1.54, 1.807) is 24.3 Å². The van der Waals surface area contributed by atoms with E-state index >= 15 is 0 Å². The minimum Gasteiger partial charge on any atom is -0.497 e. The molecule has 0 N–H and O–H groups in total. The van der Waals surface area contributed by atoms with Gasteiger partial charge in [0.2, 0.25) is 5.91 Å². The van der Waals surface area contributed by atoms with Crippen LogP contribution in [0, 0.1) is 0 Å². The quantitative estimate of drug-likeness (QED) is 0.851. The molecule has 1 amide bonds. The summed E-state index contributed by atoms with van der Waals surface area (Å²) in [5.74, 6) is 0.703. The first-order valence-electron chi connectivity index (χ1n) is 7.14. The first-order valence-corrected chi connectivity index (χ1v) is 7.14. The maximum Gasteiger partial charge on any atom is 0.347 e. The third kappa shape index (κ3) is 2.72. The summed E-state index contributed by atoms with van der Waals surface area (Å²) in [5.41, 5.74) is 0.645. The summed E-state index contributed by atoms with van der Waals surface area (Å²) in [6.07, 6.45) is 3.92. The summed E-state index contributed by atoms with van der Waals surface area (Å²) >= 11 is 0. The van der Waals surface area contributed by atoms with Crippen LogP contribution >= 0.6 is 0 Å². The van der Waals surface area contributed by atoms with Crippen LogP contribution in [0.15, 0.2) is 47.5 Å². The van der Waals surface area contributed by atoms with Gasteiger partial charge in [-0.05, 0) is 30.2 Å². The molecule has 0 radical (unpaired) electrons. The molecule has 1 aliphatic rings. The summed E-state index contributed by atoms with van der Waals surface area (Å²) in [6.45, 7) is 0.725. The largest absolute Gasteiger partial charge is 0.497 e. The molecule has 0 spiro atoms. The van der Waals surface area contributed by atoms with Crippen LogP contribution in [0.4, 0.5) is 0 Å². The molecule has 2 aromatic rings. The summed E-state index contributed by atoms with van der Waals surface area (Å²) in [5, 5.41) is 0.